The molecule has 1 atom stereocenters. The smallest absolute Gasteiger partial charge is 0.199 e. The molecule has 20 heavy (non-hydrogen) atoms. The van der Waals surface area contributed by atoms with Crippen LogP contribution in [0.3, 0.4) is 0 Å². The summed E-state index contributed by atoms with van der Waals surface area (Å²) in [5.74, 6) is 0.803. The van der Waals surface area contributed by atoms with Crippen LogP contribution in [0, 0.1) is 5.82 Å². The third-order valence-electron chi connectivity index (χ3n) is 3.14. The maximum Gasteiger partial charge on any atom is 0.199 e. The highest BCUT2D eigenvalue weighted by Crippen LogP contribution is 2.22. The summed E-state index contributed by atoms with van der Waals surface area (Å²) in [6.07, 6.45) is 5.30. The van der Waals surface area contributed by atoms with Crippen LogP contribution in [-0.2, 0) is 4.74 Å². The second kappa shape index (κ2) is 5.96. The Morgan fingerprint density at radius 2 is 1.85 bits per heavy atom. The minimum absolute atomic E-state index is 0.156. The van der Waals surface area contributed by atoms with E-state index < -0.39 is 5.82 Å². The lowest BCUT2D eigenvalue weighted by atomic mass is 10.2. The standard InChI is InChI=1S/C15H15FN2O2/c16-12-9-17-15(18-10-12)11-4-6-13(7-5-11)20-14-3-1-2-8-19-14/h4-7,9-10,14H,1-3,8H2. The normalized spacial score (nSPS) is 18.8. The third-order valence-corrected chi connectivity index (χ3v) is 3.14. The van der Waals surface area contributed by atoms with E-state index in [0.717, 1.165) is 49.6 Å². The molecule has 0 radical (unpaired) electrons. The highest BCUT2D eigenvalue weighted by atomic mass is 19.1. The minimum Gasteiger partial charge on any atom is -0.465 e. The quantitative estimate of drug-likeness (QED) is 0.862. The average molecular weight is 274 g/mol. The molecule has 0 bridgehead atoms. The fourth-order valence-corrected chi connectivity index (χ4v) is 2.10. The predicted molar refractivity (Wildman–Crippen MR) is 71.6 cm³/mol. The van der Waals surface area contributed by atoms with E-state index in [1.165, 1.54) is 0 Å². The second-order valence-electron chi connectivity index (χ2n) is 4.66. The van der Waals surface area contributed by atoms with Gasteiger partial charge in [0.25, 0.3) is 0 Å². The van der Waals surface area contributed by atoms with Gasteiger partial charge in [0.1, 0.15) is 5.75 Å². The zero-order valence-corrected chi connectivity index (χ0v) is 11.0. The van der Waals surface area contributed by atoms with Crippen LogP contribution in [0.4, 0.5) is 4.39 Å². The molecule has 0 aliphatic carbocycles. The van der Waals surface area contributed by atoms with Crippen molar-refractivity contribution < 1.29 is 13.9 Å². The van der Waals surface area contributed by atoms with Crippen LogP contribution in [0.1, 0.15) is 19.3 Å². The maximum atomic E-state index is 12.8. The van der Waals surface area contributed by atoms with Crippen molar-refractivity contribution in [3.8, 4) is 17.1 Å². The first kappa shape index (κ1) is 13.0. The van der Waals surface area contributed by atoms with Crippen LogP contribution >= 0.6 is 0 Å². The van der Waals surface area contributed by atoms with Crippen LogP contribution in [0.15, 0.2) is 36.7 Å². The summed E-state index contributed by atoms with van der Waals surface area (Å²) >= 11 is 0. The summed E-state index contributed by atoms with van der Waals surface area (Å²) in [7, 11) is 0. The van der Waals surface area contributed by atoms with Gasteiger partial charge in [-0.05, 0) is 37.1 Å². The third kappa shape index (κ3) is 3.11. The summed E-state index contributed by atoms with van der Waals surface area (Å²) in [5, 5.41) is 0. The summed E-state index contributed by atoms with van der Waals surface area (Å²) < 4.78 is 24.0. The predicted octanol–water partition coefficient (Wildman–Crippen LogP) is 3.19. The Morgan fingerprint density at radius 1 is 1.10 bits per heavy atom. The Bertz CT molecular complexity index is 551. The van der Waals surface area contributed by atoms with Gasteiger partial charge in [-0.2, -0.15) is 0 Å². The molecule has 1 aliphatic rings. The van der Waals surface area contributed by atoms with E-state index in [-0.39, 0.29) is 6.29 Å². The Kier molecular flexibility index (Phi) is 3.87. The van der Waals surface area contributed by atoms with Crippen molar-refractivity contribution in [1.82, 2.24) is 9.97 Å². The fourth-order valence-electron chi connectivity index (χ4n) is 2.10. The highest BCUT2D eigenvalue weighted by molar-refractivity contribution is 5.55. The van der Waals surface area contributed by atoms with Gasteiger partial charge in [0, 0.05) is 12.0 Å². The largest absolute Gasteiger partial charge is 0.465 e. The Labute approximate surface area is 116 Å². The molecule has 1 fully saturated rings. The lowest BCUT2D eigenvalue weighted by molar-refractivity contribution is -0.105. The molecule has 0 spiro atoms. The molecule has 1 saturated heterocycles. The summed E-state index contributed by atoms with van der Waals surface area (Å²) in [6, 6.07) is 7.40. The van der Waals surface area contributed by atoms with Crippen LogP contribution in [0.5, 0.6) is 5.75 Å². The number of aromatic nitrogens is 2. The zero-order valence-electron chi connectivity index (χ0n) is 11.0. The van der Waals surface area contributed by atoms with Gasteiger partial charge < -0.3 is 9.47 Å². The average Bonchev–Trinajstić information content (AvgIpc) is 2.50. The van der Waals surface area contributed by atoms with E-state index in [4.69, 9.17) is 9.47 Å². The lowest BCUT2D eigenvalue weighted by Crippen LogP contribution is -2.24. The Morgan fingerprint density at radius 3 is 2.50 bits per heavy atom. The maximum absolute atomic E-state index is 12.8. The first-order valence-electron chi connectivity index (χ1n) is 6.67. The van der Waals surface area contributed by atoms with Gasteiger partial charge in [-0.25, -0.2) is 14.4 Å². The molecular formula is C15H15FN2O2. The number of nitrogens with zero attached hydrogens (tertiary/aromatic N) is 2. The minimum atomic E-state index is -0.442. The van der Waals surface area contributed by atoms with Gasteiger partial charge in [0.05, 0.1) is 19.0 Å². The fraction of sp³-hybridized carbons (Fsp3) is 0.333. The number of benzene rings is 1. The second-order valence-corrected chi connectivity index (χ2v) is 4.66. The molecule has 2 aromatic rings. The number of hydrogen-bond donors (Lipinski definition) is 0. The molecule has 5 heteroatoms. The van der Waals surface area contributed by atoms with Crippen molar-refractivity contribution in [3.63, 3.8) is 0 Å². The van der Waals surface area contributed by atoms with Gasteiger partial charge >= 0.3 is 0 Å². The highest BCUT2D eigenvalue weighted by Gasteiger charge is 2.15. The van der Waals surface area contributed by atoms with E-state index in [2.05, 4.69) is 9.97 Å². The molecule has 4 nitrogen and oxygen atoms in total. The van der Waals surface area contributed by atoms with Crippen molar-refractivity contribution in [1.29, 1.82) is 0 Å². The van der Waals surface area contributed by atoms with Crippen molar-refractivity contribution in [3.05, 3.63) is 42.5 Å². The molecule has 2 heterocycles. The number of halogens is 1. The van der Waals surface area contributed by atoms with Gasteiger partial charge in [-0.3, -0.25) is 0 Å². The van der Waals surface area contributed by atoms with E-state index in [1.807, 2.05) is 24.3 Å². The molecular weight excluding hydrogens is 259 g/mol. The monoisotopic (exact) mass is 274 g/mol. The van der Waals surface area contributed by atoms with Crippen molar-refractivity contribution in [2.45, 2.75) is 25.6 Å². The zero-order chi connectivity index (χ0) is 13.8. The van der Waals surface area contributed by atoms with E-state index in [1.54, 1.807) is 0 Å². The summed E-state index contributed by atoms with van der Waals surface area (Å²) in [4.78, 5) is 7.88. The number of hydrogen-bond acceptors (Lipinski definition) is 4. The molecule has 0 amide bonds. The molecule has 1 aromatic carbocycles. The molecule has 3 rings (SSSR count). The molecule has 1 aromatic heterocycles. The van der Waals surface area contributed by atoms with Crippen molar-refractivity contribution in [2.24, 2.45) is 0 Å². The van der Waals surface area contributed by atoms with Gasteiger partial charge in [0.2, 0.25) is 0 Å². The van der Waals surface area contributed by atoms with Gasteiger partial charge in [-0.15, -0.1) is 0 Å². The number of rotatable bonds is 3. The van der Waals surface area contributed by atoms with Crippen molar-refractivity contribution >= 4 is 0 Å². The Hall–Kier alpha value is -2.01. The first-order chi connectivity index (χ1) is 9.81. The van der Waals surface area contributed by atoms with Crippen LogP contribution in [0.2, 0.25) is 0 Å². The molecule has 0 N–H and O–H groups in total. The van der Waals surface area contributed by atoms with Crippen LogP contribution in [-0.4, -0.2) is 22.9 Å². The molecule has 0 saturated carbocycles. The van der Waals surface area contributed by atoms with E-state index in [0.29, 0.717) is 5.82 Å². The topological polar surface area (TPSA) is 44.2 Å². The summed E-state index contributed by atoms with van der Waals surface area (Å²) in [5.41, 5.74) is 0.821. The van der Waals surface area contributed by atoms with Crippen molar-refractivity contribution in [2.75, 3.05) is 6.61 Å². The van der Waals surface area contributed by atoms with E-state index in [9.17, 15) is 4.39 Å². The number of ether oxygens (including phenoxy) is 2. The lowest BCUT2D eigenvalue weighted by Gasteiger charge is -2.23. The van der Waals surface area contributed by atoms with Gasteiger partial charge in [-0.1, -0.05) is 0 Å². The molecule has 1 unspecified atom stereocenters. The summed E-state index contributed by atoms with van der Waals surface area (Å²) in [6.45, 7) is 0.756. The molecule has 104 valence electrons. The SMILES string of the molecule is Fc1cnc(-c2ccc(OC3CCCCO3)cc2)nc1. The Balaban J connectivity index is 1.69. The molecule has 1 aliphatic heterocycles. The first-order valence-corrected chi connectivity index (χ1v) is 6.67. The van der Waals surface area contributed by atoms with E-state index >= 15 is 0 Å². The van der Waals surface area contributed by atoms with Gasteiger partial charge in [0.15, 0.2) is 17.9 Å². The van der Waals surface area contributed by atoms with Crippen LogP contribution in [0.25, 0.3) is 11.4 Å². The van der Waals surface area contributed by atoms with Crippen LogP contribution < -0.4 is 4.74 Å².